The SMILES string of the molecule is CC[Si]1(CC)c2cc(C)c(C)cc2-c2cc(C)c(C)cc21. The van der Waals surface area contributed by atoms with Gasteiger partial charge in [0.05, 0.1) is 0 Å². The van der Waals surface area contributed by atoms with E-state index in [-0.39, 0.29) is 0 Å². The van der Waals surface area contributed by atoms with Crippen molar-refractivity contribution in [3.63, 3.8) is 0 Å². The summed E-state index contributed by atoms with van der Waals surface area (Å²) in [6.07, 6.45) is 0. The molecule has 0 amide bonds. The zero-order valence-electron chi connectivity index (χ0n) is 14.2. The van der Waals surface area contributed by atoms with Crippen molar-refractivity contribution in [2.24, 2.45) is 0 Å². The molecule has 3 rings (SSSR count). The van der Waals surface area contributed by atoms with E-state index in [1.165, 1.54) is 45.5 Å². The van der Waals surface area contributed by atoms with E-state index in [9.17, 15) is 0 Å². The van der Waals surface area contributed by atoms with Crippen LogP contribution < -0.4 is 10.4 Å². The first-order valence-corrected chi connectivity index (χ1v) is 10.6. The fourth-order valence-electron chi connectivity index (χ4n) is 4.03. The second-order valence-corrected chi connectivity index (χ2v) is 11.4. The molecular formula is C20H26Si. The largest absolute Gasteiger partial charge is 0.119 e. The van der Waals surface area contributed by atoms with Crippen molar-refractivity contribution in [2.75, 3.05) is 0 Å². The normalized spacial score (nSPS) is 15.0. The van der Waals surface area contributed by atoms with Gasteiger partial charge in [0.2, 0.25) is 0 Å². The molecule has 0 atom stereocenters. The zero-order valence-corrected chi connectivity index (χ0v) is 15.2. The van der Waals surface area contributed by atoms with Crippen molar-refractivity contribution >= 4 is 18.4 Å². The summed E-state index contributed by atoms with van der Waals surface area (Å²) >= 11 is 0. The van der Waals surface area contributed by atoms with Gasteiger partial charge in [0.1, 0.15) is 8.07 Å². The van der Waals surface area contributed by atoms with Gasteiger partial charge in [0.15, 0.2) is 0 Å². The molecule has 0 spiro atoms. The Morgan fingerprint density at radius 2 is 0.952 bits per heavy atom. The van der Waals surface area contributed by atoms with Gasteiger partial charge in [-0.1, -0.05) is 50.2 Å². The van der Waals surface area contributed by atoms with Crippen LogP contribution in [0.3, 0.4) is 0 Å². The highest BCUT2D eigenvalue weighted by molar-refractivity contribution is 7.05. The summed E-state index contributed by atoms with van der Waals surface area (Å²) in [7, 11) is -1.53. The highest BCUT2D eigenvalue weighted by atomic mass is 28.3. The molecule has 0 bridgehead atoms. The molecule has 2 aromatic rings. The number of rotatable bonds is 2. The van der Waals surface area contributed by atoms with Crippen LogP contribution in [0.2, 0.25) is 12.1 Å². The van der Waals surface area contributed by atoms with Crippen molar-refractivity contribution < 1.29 is 0 Å². The number of fused-ring (bicyclic) bond motifs is 3. The molecule has 1 aliphatic rings. The predicted molar refractivity (Wildman–Crippen MR) is 96.8 cm³/mol. The third kappa shape index (κ3) is 1.87. The van der Waals surface area contributed by atoms with Crippen LogP contribution in [0.4, 0.5) is 0 Å². The van der Waals surface area contributed by atoms with E-state index >= 15 is 0 Å². The monoisotopic (exact) mass is 294 g/mol. The first-order chi connectivity index (χ1) is 9.94. The van der Waals surface area contributed by atoms with Gasteiger partial charge in [-0.15, -0.1) is 0 Å². The Morgan fingerprint density at radius 3 is 1.29 bits per heavy atom. The average Bonchev–Trinajstić information content (AvgIpc) is 2.70. The quantitative estimate of drug-likeness (QED) is 0.715. The van der Waals surface area contributed by atoms with Gasteiger partial charge >= 0.3 is 0 Å². The van der Waals surface area contributed by atoms with Crippen LogP contribution in [0.25, 0.3) is 11.1 Å². The predicted octanol–water partition coefficient (Wildman–Crippen LogP) is 4.50. The molecule has 0 unspecified atom stereocenters. The molecule has 110 valence electrons. The van der Waals surface area contributed by atoms with Gasteiger partial charge in [-0.05, 0) is 71.4 Å². The molecule has 0 radical (unpaired) electrons. The molecule has 1 aliphatic heterocycles. The molecule has 0 saturated heterocycles. The molecule has 0 nitrogen and oxygen atoms in total. The minimum Gasteiger partial charge on any atom is -0.0672 e. The van der Waals surface area contributed by atoms with E-state index in [4.69, 9.17) is 0 Å². The van der Waals surface area contributed by atoms with Crippen molar-refractivity contribution in [1.82, 2.24) is 0 Å². The summed E-state index contributed by atoms with van der Waals surface area (Å²) in [6, 6.07) is 12.5. The lowest BCUT2D eigenvalue weighted by molar-refractivity contribution is 1.28. The summed E-state index contributed by atoms with van der Waals surface area (Å²) in [5.41, 5.74) is 8.82. The molecule has 1 heterocycles. The summed E-state index contributed by atoms with van der Waals surface area (Å²) in [5, 5.41) is 3.38. The van der Waals surface area contributed by atoms with Crippen molar-refractivity contribution in [3.8, 4) is 11.1 Å². The summed E-state index contributed by atoms with van der Waals surface area (Å²) < 4.78 is 0. The van der Waals surface area contributed by atoms with Crippen LogP contribution in [0, 0.1) is 27.7 Å². The Labute approximate surface area is 130 Å². The van der Waals surface area contributed by atoms with Crippen molar-refractivity contribution in [3.05, 3.63) is 46.5 Å². The Hall–Kier alpha value is -1.34. The van der Waals surface area contributed by atoms with E-state index < -0.39 is 8.07 Å². The van der Waals surface area contributed by atoms with Gasteiger partial charge in [0, 0.05) is 0 Å². The fourth-order valence-corrected chi connectivity index (χ4v) is 8.77. The molecular weight excluding hydrogens is 268 g/mol. The highest BCUT2D eigenvalue weighted by Gasteiger charge is 2.43. The van der Waals surface area contributed by atoms with Crippen LogP contribution in [0.15, 0.2) is 24.3 Å². The minimum absolute atomic E-state index is 1.31. The Bertz CT molecular complexity index is 662. The highest BCUT2D eigenvalue weighted by Crippen LogP contribution is 2.35. The van der Waals surface area contributed by atoms with Gasteiger partial charge < -0.3 is 0 Å². The van der Waals surface area contributed by atoms with E-state index in [0.717, 1.165) is 0 Å². The lowest BCUT2D eigenvalue weighted by Crippen LogP contribution is -2.54. The summed E-state index contributed by atoms with van der Waals surface area (Å²) in [5.74, 6) is 0. The summed E-state index contributed by atoms with van der Waals surface area (Å²) in [4.78, 5) is 0. The first kappa shape index (κ1) is 14.6. The Balaban J connectivity index is 2.42. The lowest BCUT2D eigenvalue weighted by Gasteiger charge is -2.27. The maximum absolute atomic E-state index is 2.51. The molecule has 0 aromatic heterocycles. The van der Waals surface area contributed by atoms with E-state index in [1.54, 1.807) is 10.4 Å². The zero-order chi connectivity index (χ0) is 15.4. The van der Waals surface area contributed by atoms with Gasteiger partial charge in [-0.25, -0.2) is 0 Å². The van der Waals surface area contributed by atoms with E-state index in [0.29, 0.717) is 0 Å². The second-order valence-electron chi connectivity index (χ2n) is 6.75. The molecule has 1 heteroatoms. The second kappa shape index (κ2) is 4.84. The number of aryl methyl sites for hydroxylation is 4. The molecule has 0 aliphatic carbocycles. The van der Waals surface area contributed by atoms with Crippen LogP contribution in [0.1, 0.15) is 36.1 Å². The fraction of sp³-hybridized carbons (Fsp3) is 0.400. The maximum Gasteiger partial charge on any atom is 0.119 e. The standard InChI is InChI=1S/C20H26Si/c1-7-21(8-2)19-11-15(5)13(3)9-17(19)18-10-14(4)16(6)12-20(18)21/h9-12H,7-8H2,1-6H3. The number of benzene rings is 2. The Kier molecular flexibility index (Phi) is 3.36. The molecule has 0 saturated carbocycles. The molecule has 2 aromatic carbocycles. The van der Waals surface area contributed by atoms with Crippen LogP contribution in [0.5, 0.6) is 0 Å². The first-order valence-electron chi connectivity index (χ1n) is 8.18. The molecule has 21 heavy (non-hydrogen) atoms. The van der Waals surface area contributed by atoms with E-state index in [1.807, 2.05) is 0 Å². The van der Waals surface area contributed by atoms with Crippen LogP contribution in [-0.4, -0.2) is 8.07 Å². The van der Waals surface area contributed by atoms with E-state index in [2.05, 4.69) is 65.8 Å². The van der Waals surface area contributed by atoms with Gasteiger partial charge in [-0.3, -0.25) is 0 Å². The minimum atomic E-state index is -1.53. The Morgan fingerprint density at radius 1 is 0.619 bits per heavy atom. The smallest absolute Gasteiger partial charge is 0.0672 e. The third-order valence-corrected chi connectivity index (χ3v) is 11.1. The van der Waals surface area contributed by atoms with Gasteiger partial charge in [-0.2, -0.15) is 0 Å². The van der Waals surface area contributed by atoms with Crippen molar-refractivity contribution in [2.45, 2.75) is 53.6 Å². The van der Waals surface area contributed by atoms with Crippen LogP contribution in [-0.2, 0) is 0 Å². The topological polar surface area (TPSA) is 0 Å². The van der Waals surface area contributed by atoms with Crippen LogP contribution >= 0.6 is 0 Å². The average molecular weight is 295 g/mol. The number of hydrogen-bond acceptors (Lipinski definition) is 0. The van der Waals surface area contributed by atoms with Crippen molar-refractivity contribution in [1.29, 1.82) is 0 Å². The maximum atomic E-state index is 2.51. The third-order valence-electron chi connectivity index (χ3n) is 5.80. The van der Waals surface area contributed by atoms with Gasteiger partial charge in [0.25, 0.3) is 0 Å². The molecule has 0 N–H and O–H groups in total. The molecule has 0 fully saturated rings. The summed E-state index contributed by atoms with van der Waals surface area (Å²) in [6.45, 7) is 13.8. The lowest BCUT2D eigenvalue weighted by atomic mass is 9.98. The number of hydrogen-bond donors (Lipinski definition) is 0.